The van der Waals surface area contributed by atoms with Crippen molar-refractivity contribution in [3.8, 4) is 0 Å². The molecule has 1 unspecified atom stereocenters. The Morgan fingerprint density at radius 2 is 2.00 bits per heavy atom. The predicted molar refractivity (Wildman–Crippen MR) is 60.9 cm³/mol. The summed E-state index contributed by atoms with van der Waals surface area (Å²) < 4.78 is 0. The third kappa shape index (κ3) is 3.53. The first-order valence-electron chi connectivity index (χ1n) is 4.24. The van der Waals surface area contributed by atoms with Crippen molar-refractivity contribution in [2.75, 3.05) is 0 Å². The molecule has 0 radical (unpaired) electrons. The molecule has 0 rings (SSSR count). The van der Waals surface area contributed by atoms with Gasteiger partial charge in [-0.25, -0.2) is 0 Å². The molecule has 0 spiro atoms. The lowest BCUT2D eigenvalue weighted by molar-refractivity contribution is 1.54. The van der Waals surface area contributed by atoms with Crippen molar-refractivity contribution < 1.29 is 0 Å². The zero-order valence-electron chi connectivity index (χ0n) is 8.30. The second-order valence-corrected chi connectivity index (χ2v) is 6.02. The molecule has 0 aliphatic heterocycles. The largest absolute Gasteiger partial charge is 0.0997 e. The average molecular weight is 178 g/mol. The van der Waals surface area contributed by atoms with E-state index < -0.39 is 8.80 Å². The fraction of sp³-hybridized carbons (Fsp3) is 0.273. The zero-order valence-corrected chi connectivity index (χ0v) is 9.46. The van der Waals surface area contributed by atoms with Crippen molar-refractivity contribution in [1.29, 1.82) is 0 Å². The summed E-state index contributed by atoms with van der Waals surface area (Å²) in [6.07, 6.45) is 7.99. The fourth-order valence-corrected chi connectivity index (χ4v) is 2.36. The predicted octanol–water partition coefficient (Wildman–Crippen LogP) is 3.19. The van der Waals surface area contributed by atoms with E-state index in [0.717, 1.165) is 0 Å². The number of hydrogen-bond acceptors (Lipinski definition) is 0. The maximum atomic E-state index is 4.05. The van der Waals surface area contributed by atoms with E-state index in [9.17, 15) is 0 Å². The van der Waals surface area contributed by atoms with Crippen molar-refractivity contribution in [2.24, 2.45) is 0 Å². The van der Waals surface area contributed by atoms with Gasteiger partial charge in [0, 0.05) is 0 Å². The summed E-state index contributed by atoms with van der Waals surface area (Å²) in [5, 5.41) is 2.76. The summed E-state index contributed by atoms with van der Waals surface area (Å²) in [6.45, 7) is 14.2. The molecule has 0 aromatic rings. The molecule has 0 aromatic heterocycles. The molecule has 0 fully saturated rings. The summed E-state index contributed by atoms with van der Waals surface area (Å²) in [6, 6.07) is 0. The van der Waals surface area contributed by atoms with Gasteiger partial charge in [-0.3, -0.25) is 0 Å². The van der Waals surface area contributed by atoms with Gasteiger partial charge in [-0.15, -0.1) is 0 Å². The second-order valence-electron chi connectivity index (χ2n) is 2.92. The number of allylic oxidation sites excluding steroid dienone is 6. The molecule has 1 atom stereocenters. The van der Waals surface area contributed by atoms with Crippen LogP contribution in [0, 0.1) is 0 Å². The van der Waals surface area contributed by atoms with Gasteiger partial charge < -0.3 is 0 Å². The molecule has 0 bridgehead atoms. The van der Waals surface area contributed by atoms with Gasteiger partial charge in [-0.1, -0.05) is 54.4 Å². The highest BCUT2D eigenvalue weighted by molar-refractivity contribution is 6.73. The molecule has 12 heavy (non-hydrogen) atoms. The standard InChI is InChI=1S/C11H18Si/c1-6-8-9-11(4)12(5)10(3)7-2/h6-9,12H,1,4H2,2-3,5H3. The van der Waals surface area contributed by atoms with Crippen LogP contribution in [0.1, 0.15) is 13.8 Å². The minimum absolute atomic E-state index is 0.890. The Bertz CT molecular complexity index is 221. The van der Waals surface area contributed by atoms with E-state index in [1.165, 1.54) is 10.4 Å². The Balaban J connectivity index is 4.29. The fourth-order valence-electron chi connectivity index (χ4n) is 0.878. The zero-order chi connectivity index (χ0) is 9.56. The third-order valence-electron chi connectivity index (χ3n) is 2.14. The van der Waals surface area contributed by atoms with Gasteiger partial charge in [0.1, 0.15) is 0 Å². The highest BCUT2D eigenvalue weighted by Gasteiger charge is 2.06. The van der Waals surface area contributed by atoms with Crippen LogP contribution in [0.2, 0.25) is 6.55 Å². The normalized spacial score (nSPS) is 14.8. The molecule has 0 aliphatic rings. The van der Waals surface area contributed by atoms with Crippen molar-refractivity contribution in [2.45, 2.75) is 20.4 Å². The van der Waals surface area contributed by atoms with Crippen LogP contribution in [0.5, 0.6) is 0 Å². The van der Waals surface area contributed by atoms with Gasteiger partial charge >= 0.3 is 0 Å². The second kappa shape index (κ2) is 5.78. The van der Waals surface area contributed by atoms with Crippen molar-refractivity contribution >= 4 is 8.80 Å². The summed E-state index contributed by atoms with van der Waals surface area (Å²) in [5.41, 5.74) is 0. The number of rotatable bonds is 4. The molecule has 0 heterocycles. The van der Waals surface area contributed by atoms with Gasteiger partial charge in [0.2, 0.25) is 0 Å². The molecule has 66 valence electrons. The Morgan fingerprint density at radius 1 is 1.42 bits per heavy atom. The van der Waals surface area contributed by atoms with Crippen LogP contribution >= 0.6 is 0 Å². The van der Waals surface area contributed by atoms with Crippen LogP contribution in [0.3, 0.4) is 0 Å². The van der Waals surface area contributed by atoms with E-state index in [1.807, 2.05) is 6.08 Å². The van der Waals surface area contributed by atoms with Crippen LogP contribution in [0.25, 0.3) is 0 Å². The van der Waals surface area contributed by atoms with E-state index >= 15 is 0 Å². The first kappa shape index (κ1) is 11.2. The average Bonchev–Trinajstić information content (AvgIpc) is 2.11. The molecule has 0 saturated heterocycles. The summed E-state index contributed by atoms with van der Waals surface area (Å²) in [7, 11) is -0.890. The monoisotopic (exact) mass is 178 g/mol. The SMILES string of the molecule is C=CC=CC(=C)[SiH](C)C(C)=CC. The Labute approximate surface area is 77.6 Å². The van der Waals surface area contributed by atoms with E-state index in [0.29, 0.717) is 0 Å². The van der Waals surface area contributed by atoms with Crippen molar-refractivity contribution in [1.82, 2.24) is 0 Å². The first-order valence-corrected chi connectivity index (χ1v) is 6.55. The van der Waals surface area contributed by atoms with Crippen LogP contribution < -0.4 is 0 Å². The van der Waals surface area contributed by atoms with Crippen LogP contribution in [0.4, 0.5) is 0 Å². The first-order chi connectivity index (χ1) is 5.63. The quantitative estimate of drug-likeness (QED) is 0.458. The highest BCUT2D eigenvalue weighted by Crippen LogP contribution is 2.09. The minimum Gasteiger partial charge on any atom is -0.0997 e. The Kier molecular flexibility index (Phi) is 5.38. The van der Waals surface area contributed by atoms with Crippen molar-refractivity contribution in [3.63, 3.8) is 0 Å². The van der Waals surface area contributed by atoms with Crippen LogP contribution in [0.15, 0.2) is 47.9 Å². The van der Waals surface area contributed by atoms with Gasteiger partial charge in [-0.05, 0) is 13.8 Å². The molecule has 0 aromatic carbocycles. The Morgan fingerprint density at radius 3 is 2.42 bits per heavy atom. The van der Waals surface area contributed by atoms with E-state index in [4.69, 9.17) is 0 Å². The van der Waals surface area contributed by atoms with Crippen LogP contribution in [-0.4, -0.2) is 8.80 Å². The molecule has 0 aliphatic carbocycles. The third-order valence-corrected chi connectivity index (χ3v) is 5.15. The van der Waals surface area contributed by atoms with E-state index in [1.54, 1.807) is 6.08 Å². The lowest BCUT2D eigenvalue weighted by Gasteiger charge is -2.09. The van der Waals surface area contributed by atoms with E-state index in [2.05, 4.69) is 45.7 Å². The van der Waals surface area contributed by atoms with Gasteiger partial charge in [0.25, 0.3) is 0 Å². The topological polar surface area (TPSA) is 0 Å². The maximum Gasteiger partial charge on any atom is 0.0930 e. The molecule has 0 saturated carbocycles. The highest BCUT2D eigenvalue weighted by atomic mass is 28.3. The lowest BCUT2D eigenvalue weighted by Crippen LogP contribution is -2.11. The summed E-state index contributed by atoms with van der Waals surface area (Å²) in [4.78, 5) is 0. The van der Waals surface area contributed by atoms with Gasteiger partial charge in [0.05, 0.1) is 8.80 Å². The smallest absolute Gasteiger partial charge is 0.0930 e. The molecule has 0 N–H and O–H groups in total. The summed E-state index contributed by atoms with van der Waals surface area (Å²) >= 11 is 0. The Hall–Kier alpha value is -0.823. The maximum absolute atomic E-state index is 4.05. The van der Waals surface area contributed by atoms with Crippen molar-refractivity contribution in [3.05, 3.63) is 47.9 Å². The molecule has 0 nitrogen and oxygen atoms in total. The molecule has 0 amide bonds. The van der Waals surface area contributed by atoms with Crippen LogP contribution in [-0.2, 0) is 0 Å². The van der Waals surface area contributed by atoms with Gasteiger partial charge in [-0.2, -0.15) is 0 Å². The molecular weight excluding hydrogens is 160 g/mol. The minimum atomic E-state index is -0.890. The van der Waals surface area contributed by atoms with Gasteiger partial charge in [0.15, 0.2) is 0 Å². The lowest BCUT2D eigenvalue weighted by atomic mass is 10.5. The summed E-state index contributed by atoms with van der Waals surface area (Å²) in [5.74, 6) is 0. The molecular formula is C11H18Si. The molecule has 1 heteroatoms. The van der Waals surface area contributed by atoms with E-state index in [-0.39, 0.29) is 0 Å². The number of hydrogen-bond donors (Lipinski definition) is 0.